The van der Waals surface area contributed by atoms with E-state index in [4.69, 9.17) is 18.0 Å². The van der Waals surface area contributed by atoms with Crippen LogP contribution in [0.15, 0.2) is 48.5 Å². The summed E-state index contributed by atoms with van der Waals surface area (Å²) in [6, 6.07) is 16.4. The van der Waals surface area contributed by atoms with Gasteiger partial charge in [0, 0.05) is 24.3 Å². The first kappa shape index (κ1) is 12.2. The highest BCUT2D eigenvalue weighted by atomic mass is 32.1. The second kappa shape index (κ2) is 5.02. The van der Waals surface area contributed by atoms with Gasteiger partial charge in [0.15, 0.2) is 0 Å². The minimum absolute atomic E-state index is 0.756. The quantitative estimate of drug-likeness (QED) is 0.637. The number of para-hydroxylation sites is 1. The van der Waals surface area contributed by atoms with Crippen molar-refractivity contribution >= 4 is 22.9 Å². The van der Waals surface area contributed by atoms with E-state index in [0.717, 1.165) is 35.7 Å². The van der Waals surface area contributed by atoms with Gasteiger partial charge in [0.05, 0.1) is 0 Å². The first-order valence-electron chi connectivity index (χ1n) is 6.46. The first-order valence-corrected chi connectivity index (χ1v) is 6.87. The van der Waals surface area contributed by atoms with Crippen LogP contribution in [0.3, 0.4) is 0 Å². The van der Waals surface area contributed by atoms with Crippen molar-refractivity contribution in [3.63, 3.8) is 0 Å². The number of nitrogens with zero attached hydrogens (tertiary/aromatic N) is 1. The molecule has 0 atom stereocenters. The van der Waals surface area contributed by atoms with E-state index in [2.05, 4.69) is 29.2 Å². The van der Waals surface area contributed by atoms with E-state index in [0.29, 0.717) is 0 Å². The van der Waals surface area contributed by atoms with Gasteiger partial charge in [-0.05, 0) is 29.7 Å². The Hall–Kier alpha value is -1.87. The number of benzene rings is 2. The van der Waals surface area contributed by atoms with Gasteiger partial charge in [-0.2, -0.15) is 0 Å². The van der Waals surface area contributed by atoms with E-state index in [1.807, 2.05) is 24.3 Å². The van der Waals surface area contributed by atoms with Gasteiger partial charge in [-0.15, -0.1) is 0 Å². The molecule has 96 valence electrons. The molecule has 2 nitrogen and oxygen atoms in total. The van der Waals surface area contributed by atoms with Gasteiger partial charge in [0.25, 0.3) is 0 Å². The van der Waals surface area contributed by atoms with Gasteiger partial charge in [-0.3, -0.25) is 0 Å². The van der Waals surface area contributed by atoms with Gasteiger partial charge in [-0.1, -0.05) is 48.6 Å². The van der Waals surface area contributed by atoms with Gasteiger partial charge in [0.1, 0.15) is 4.99 Å². The van der Waals surface area contributed by atoms with Crippen LogP contribution < -0.4 is 5.73 Å². The van der Waals surface area contributed by atoms with Crippen LogP contribution >= 0.6 is 12.2 Å². The smallest absolute Gasteiger partial charge is 0.111 e. The van der Waals surface area contributed by atoms with Crippen molar-refractivity contribution in [1.29, 1.82) is 0 Å². The second-order valence-corrected chi connectivity index (χ2v) is 5.22. The molecular formula is C16H16N2S. The average molecular weight is 268 g/mol. The number of hydrogen-bond donors (Lipinski definition) is 1. The van der Waals surface area contributed by atoms with Crippen molar-refractivity contribution in [1.82, 2.24) is 4.90 Å². The molecule has 0 saturated heterocycles. The van der Waals surface area contributed by atoms with E-state index in [1.165, 1.54) is 11.1 Å². The van der Waals surface area contributed by atoms with Crippen molar-refractivity contribution in [2.75, 3.05) is 12.3 Å². The summed E-state index contributed by atoms with van der Waals surface area (Å²) >= 11 is 5.60. The lowest BCUT2D eigenvalue weighted by atomic mass is 9.99. The Morgan fingerprint density at radius 3 is 2.47 bits per heavy atom. The summed E-state index contributed by atoms with van der Waals surface area (Å²) in [5, 5.41) is 0. The third-order valence-corrected chi connectivity index (χ3v) is 4.09. The fourth-order valence-corrected chi connectivity index (χ4v) is 2.87. The van der Waals surface area contributed by atoms with Gasteiger partial charge < -0.3 is 10.6 Å². The molecule has 0 aromatic heterocycles. The fourth-order valence-electron chi connectivity index (χ4n) is 2.53. The van der Waals surface area contributed by atoms with Gasteiger partial charge in [-0.25, -0.2) is 0 Å². The van der Waals surface area contributed by atoms with Crippen LogP contribution in [0.1, 0.15) is 16.7 Å². The highest BCUT2D eigenvalue weighted by Crippen LogP contribution is 2.22. The Labute approximate surface area is 118 Å². The van der Waals surface area contributed by atoms with E-state index in [1.54, 1.807) is 0 Å². The summed E-state index contributed by atoms with van der Waals surface area (Å²) in [6.45, 7) is 1.84. The molecule has 2 aromatic rings. The third-order valence-electron chi connectivity index (χ3n) is 3.61. The topological polar surface area (TPSA) is 29.3 Å². The molecule has 1 aliphatic heterocycles. The maximum absolute atomic E-state index is 6.01. The zero-order valence-corrected chi connectivity index (χ0v) is 11.5. The summed E-state index contributed by atoms with van der Waals surface area (Å²) in [4.78, 5) is 3.09. The van der Waals surface area contributed by atoms with E-state index in [-0.39, 0.29) is 0 Å². The molecule has 0 unspecified atom stereocenters. The minimum Gasteiger partial charge on any atom is -0.398 e. The molecule has 2 N–H and O–H groups in total. The first-order chi connectivity index (χ1) is 9.25. The molecule has 0 bridgehead atoms. The van der Waals surface area contributed by atoms with Crippen LogP contribution in [0, 0.1) is 0 Å². The number of rotatable bonds is 1. The Balaban J connectivity index is 1.86. The predicted molar refractivity (Wildman–Crippen MR) is 83.1 cm³/mol. The third kappa shape index (κ3) is 2.34. The van der Waals surface area contributed by atoms with Gasteiger partial charge in [0.2, 0.25) is 0 Å². The summed E-state index contributed by atoms with van der Waals surface area (Å²) in [5.41, 5.74) is 10.5. The Morgan fingerprint density at radius 2 is 1.68 bits per heavy atom. The molecule has 1 heterocycles. The normalized spacial score (nSPS) is 14.0. The lowest BCUT2D eigenvalue weighted by Gasteiger charge is -2.31. The number of nitrogens with two attached hydrogens (primary N) is 1. The molecule has 19 heavy (non-hydrogen) atoms. The van der Waals surface area contributed by atoms with E-state index >= 15 is 0 Å². The minimum atomic E-state index is 0.756. The average Bonchev–Trinajstić information content (AvgIpc) is 2.46. The van der Waals surface area contributed by atoms with Crippen molar-refractivity contribution in [2.45, 2.75) is 13.0 Å². The maximum atomic E-state index is 6.01. The van der Waals surface area contributed by atoms with Crippen LogP contribution in [0.25, 0.3) is 0 Å². The molecule has 3 rings (SSSR count). The number of fused-ring (bicyclic) bond motifs is 1. The van der Waals surface area contributed by atoms with Crippen molar-refractivity contribution in [3.05, 3.63) is 65.2 Å². The number of nitrogen functional groups attached to an aromatic ring is 1. The van der Waals surface area contributed by atoms with Crippen molar-refractivity contribution in [3.8, 4) is 0 Å². The molecule has 0 saturated carbocycles. The summed E-state index contributed by atoms with van der Waals surface area (Å²) in [7, 11) is 0. The summed E-state index contributed by atoms with van der Waals surface area (Å²) in [5.74, 6) is 0. The lowest BCUT2D eigenvalue weighted by Crippen LogP contribution is -2.35. The van der Waals surface area contributed by atoms with Crippen LogP contribution in [-0.2, 0) is 13.0 Å². The van der Waals surface area contributed by atoms with Crippen LogP contribution in [0.4, 0.5) is 5.69 Å². The van der Waals surface area contributed by atoms with Crippen LogP contribution in [0.2, 0.25) is 0 Å². The Morgan fingerprint density at radius 1 is 1.00 bits per heavy atom. The molecule has 0 radical (unpaired) electrons. The highest BCUT2D eigenvalue weighted by molar-refractivity contribution is 7.80. The molecule has 0 amide bonds. The molecule has 0 aliphatic carbocycles. The zero-order chi connectivity index (χ0) is 13.2. The van der Waals surface area contributed by atoms with Crippen molar-refractivity contribution < 1.29 is 0 Å². The summed E-state index contributed by atoms with van der Waals surface area (Å²) in [6.07, 6.45) is 1.04. The van der Waals surface area contributed by atoms with Crippen LogP contribution in [-0.4, -0.2) is 16.4 Å². The SMILES string of the molecule is Nc1ccccc1C(=S)N1CCc2ccccc2C1. The molecule has 0 fully saturated rings. The van der Waals surface area contributed by atoms with E-state index < -0.39 is 0 Å². The molecular weight excluding hydrogens is 252 g/mol. The fraction of sp³-hybridized carbons (Fsp3) is 0.188. The number of anilines is 1. The Bertz CT molecular complexity index is 622. The molecule has 0 spiro atoms. The maximum Gasteiger partial charge on any atom is 0.111 e. The zero-order valence-electron chi connectivity index (χ0n) is 10.7. The molecule has 2 aromatic carbocycles. The Kier molecular flexibility index (Phi) is 3.22. The standard InChI is InChI=1S/C16H16N2S/c17-15-8-4-3-7-14(15)16(19)18-10-9-12-5-1-2-6-13(12)11-18/h1-8H,9-11,17H2. The van der Waals surface area contributed by atoms with Gasteiger partial charge >= 0.3 is 0 Å². The second-order valence-electron chi connectivity index (χ2n) is 4.83. The largest absolute Gasteiger partial charge is 0.398 e. The van der Waals surface area contributed by atoms with Crippen LogP contribution in [0.5, 0.6) is 0 Å². The number of thiocarbonyl (C=S) groups is 1. The number of hydrogen-bond acceptors (Lipinski definition) is 2. The van der Waals surface area contributed by atoms with E-state index in [9.17, 15) is 0 Å². The highest BCUT2D eigenvalue weighted by Gasteiger charge is 2.19. The molecule has 3 heteroatoms. The predicted octanol–water partition coefficient (Wildman–Crippen LogP) is 3.00. The summed E-state index contributed by atoms with van der Waals surface area (Å²) < 4.78 is 0. The lowest BCUT2D eigenvalue weighted by molar-refractivity contribution is 0.401. The van der Waals surface area contributed by atoms with Crippen molar-refractivity contribution in [2.24, 2.45) is 0 Å². The monoisotopic (exact) mass is 268 g/mol. The molecule has 1 aliphatic rings.